The Morgan fingerprint density at radius 2 is 2.11 bits per heavy atom. The zero-order valence-electron chi connectivity index (χ0n) is 14.0. The molecule has 4 amide bonds. The molecule has 1 aromatic heterocycles. The molecule has 0 bridgehead atoms. The first-order valence-corrected chi connectivity index (χ1v) is 7.75. The second kappa shape index (κ2) is 6.75. The Bertz CT molecular complexity index is 952. The molecule has 2 aromatic rings. The highest BCUT2D eigenvalue weighted by Gasteiger charge is 2.51. The van der Waals surface area contributed by atoms with Gasteiger partial charge in [0.15, 0.2) is 5.54 Å². The highest BCUT2D eigenvalue weighted by atomic mass is 16.6. The van der Waals surface area contributed by atoms with Gasteiger partial charge in [-0.1, -0.05) is 12.1 Å². The molecule has 1 atom stereocenters. The summed E-state index contributed by atoms with van der Waals surface area (Å²) >= 11 is 0. The third-order valence-electron chi connectivity index (χ3n) is 3.94. The summed E-state index contributed by atoms with van der Waals surface area (Å²) in [5.41, 5.74) is 1.03. The fraction of sp³-hybridized carbons (Fsp3) is 0.118. The molecule has 1 aliphatic heterocycles. The number of furan rings is 1. The van der Waals surface area contributed by atoms with Crippen molar-refractivity contribution in [3.8, 4) is 0 Å². The summed E-state index contributed by atoms with van der Waals surface area (Å²) in [5.74, 6) is -1.24. The molecule has 27 heavy (non-hydrogen) atoms. The normalized spacial score (nSPS) is 19.4. The number of hydrogen-bond acceptors (Lipinski definition) is 6. The lowest BCUT2D eigenvalue weighted by atomic mass is 10.00. The van der Waals surface area contributed by atoms with Crippen LogP contribution in [0, 0.1) is 10.1 Å². The molecular weight excluding hydrogens is 356 g/mol. The standard InChI is InChI=1S/C17H14N4O6/c1-17(13-6-3-9-27-13)15(23)20(16(24)18-17)19-14(22)8-7-11-4-2-5-12(10-11)21(25)26/h2-10H,1H3,(H,18,24)(H,19,22)/b8-7+. The van der Waals surface area contributed by atoms with Gasteiger partial charge in [0.2, 0.25) is 0 Å². The van der Waals surface area contributed by atoms with Crippen molar-refractivity contribution in [3.05, 3.63) is 70.2 Å². The Labute approximate surface area is 152 Å². The quantitative estimate of drug-likeness (QED) is 0.356. The average molecular weight is 370 g/mol. The van der Waals surface area contributed by atoms with Crippen molar-refractivity contribution < 1.29 is 23.7 Å². The van der Waals surface area contributed by atoms with Gasteiger partial charge in [-0.05, 0) is 30.7 Å². The van der Waals surface area contributed by atoms with Gasteiger partial charge in [0.1, 0.15) is 5.76 Å². The number of hydrogen-bond donors (Lipinski definition) is 2. The van der Waals surface area contributed by atoms with Crippen molar-refractivity contribution in [1.82, 2.24) is 15.8 Å². The van der Waals surface area contributed by atoms with Gasteiger partial charge in [-0.3, -0.25) is 25.1 Å². The van der Waals surface area contributed by atoms with E-state index in [9.17, 15) is 24.5 Å². The monoisotopic (exact) mass is 370 g/mol. The average Bonchev–Trinajstić information content (AvgIpc) is 3.25. The van der Waals surface area contributed by atoms with Gasteiger partial charge in [-0.25, -0.2) is 4.79 Å². The number of non-ortho nitro benzene ring substituents is 1. The number of nitro benzene ring substituents is 1. The van der Waals surface area contributed by atoms with E-state index in [0.717, 1.165) is 6.08 Å². The maximum absolute atomic E-state index is 12.5. The van der Waals surface area contributed by atoms with Crippen LogP contribution in [0.4, 0.5) is 10.5 Å². The predicted molar refractivity (Wildman–Crippen MR) is 91.7 cm³/mol. The van der Waals surface area contributed by atoms with E-state index >= 15 is 0 Å². The Hall–Kier alpha value is -3.95. The van der Waals surface area contributed by atoms with E-state index in [1.54, 1.807) is 12.1 Å². The van der Waals surface area contributed by atoms with Crippen molar-refractivity contribution in [2.45, 2.75) is 12.5 Å². The summed E-state index contributed by atoms with van der Waals surface area (Å²) in [4.78, 5) is 46.9. The van der Waals surface area contributed by atoms with Crippen molar-refractivity contribution in [2.24, 2.45) is 0 Å². The van der Waals surface area contributed by atoms with Crippen LogP contribution in [-0.4, -0.2) is 27.8 Å². The van der Waals surface area contributed by atoms with Gasteiger partial charge >= 0.3 is 6.03 Å². The SMILES string of the molecule is CC1(c2ccco2)NC(=O)N(NC(=O)/C=C/c2cccc([N+](=O)[O-])c2)C1=O. The Morgan fingerprint density at radius 1 is 1.33 bits per heavy atom. The van der Waals surface area contributed by atoms with Crippen LogP contribution in [0.2, 0.25) is 0 Å². The molecule has 0 saturated carbocycles. The first-order valence-electron chi connectivity index (χ1n) is 7.75. The van der Waals surface area contributed by atoms with Crippen molar-refractivity contribution in [2.75, 3.05) is 0 Å². The lowest BCUT2D eigenvalue weighted by Crippen LogP contribution is -2.47. The maximum atomic E-state index is 12.5. The first kappa shape index (κ1) is 17.9. The van der Waals surface area contributed by atoms with Crippen LogP contribution in [0.15, 0.2) is 53.2 Å². The number of imide groups is 1. The molecule has 1 unspecified atom stereocenters. The number of rotatable bonds is 5. The molecule has 0 spiro atoms. The highest BCUT2D eigenvalue weighted by molar-refractivity contribution is 6.08. The van der Waals surface area contributed by atoms with Crippen LogP contribution in [0.25, 0.3) is 6.08 Å². The fourth-order valence-electron chi connectivity index (χ4n) is 2.53. The van der Waals surface area contributed by atoms with Crippen molar-refractivity contribution in [1.29, 1.82) is 0 Å². The van der Waals surface area contributed by atoms with Crippen molar-refractivity contribution >= 4 is 29.6 Å². The topological polar surface area (TPSA) is 135 Å². The maximum Gasteiger partial charge on any atom is 0.344 e. The third kappa shape index (κ3) is 3.40. The Kier molecular flexibility index (Phi) is 4.46. The van der Waals surface area contributed by atoms with Crippen LogP contribution >= 0.6 is 0 Å². The number of hydrazine groups is 1. The van der Waals surface area contributed by atoms with Gasteiger partial charge in [-0.2, -0.15) is 5.01 Å². The Morgan fingerprint density at radius 3 is 2.78 bits per heavy atom. The minimum Gasteiger partial charge on any atom is -0.466 e. The van der Waals surface area contributed by atoms with Gasteiger partial charge < -0.3 is 9.73 Å². The molecule has 1 aromatic carbocycles. The van der Waals surface area contributed by atoms with E-state index in [1.165, 1.54) is 43.5 Å². The van der Waals surface area contributed by atoms with Gasteiger partial charge in [0.25, 0.3) is 17.5 Å². The molecule has 10 nitrogen and oxygen atoms in total. The van der Waals surface area contributed by atoms with Crippen molar-refractivity contribution in [3.63, 3.8) is 0 Å². The number of nitro groups is 1. The first-order chi connectivity index (χ1) is 12.8. The number of benzene rings is 1. The second-order valence-electron chi connectivity index (χ2n) is 5.83. The van der Waals surface area contributed by atoms with Crippen LogP contribution in [0.5, 0.6) is 0 Å². The minimum absolute atomic E-state index is 0.124. The Balaban J connectivity index is 1.71. The van der Waals surface area contributed by atoms with E-state index in [4.69, 9.17) is 4.42 Å². The van der Waals surface area contributed by atoms with Gasteiger partial charge in [0, 0.05) is 18.2 Å². The van der Waals surface area contributed by atoms with Crippen LogP contribution in [-0.2, 0) is 15.1 Å². The molecular formula is C17H14N4O6. The van der Waals surface area contributed by atoms with E-state index < -0.39 is 28.3 Å². The smallest absolute Gasteiger partial charge is 0.344 e. The summed E-state index contributed by atoms with van der Waals surface area (Å²) in [6.07, 6.45) is 3.75. The summed E-state index contributed by atoms with van der Waals surface area (Å²) < 4.78 is 5.18. The van der Waals surface area contributed by atoms with Crippen LogP contribution in [0.1, 0.15) is 18.2 Å². The number of urea groups is 1. The fourth-order valence-corrected chi connectivity index (χ4v) is 2.53. The van der Waals surface area contributed by atoms with E-state index in [0.29, 0.717) is 10.6 Å². The molecule has 138 valence electrons. The van der Waals surface area contributed by atoms with Crippen LogP contribution < -0.4 is 10.7 Å². The van der Waals surface area contributed by atoms with E-state index in [1.807, 2.05) is 0 Å². The summed E-state index contributed by atoms with van der Waals surface area (Å²) in [6, 6.07) is 7.94. The largest absolute Gasteiger partial charge is 0.466 e. The van der Waals surface area contributed by atoms with E-state index in [2.05, 4.69) is 10.7 Å². The number of amides is 4. The molecule has 1 saturated heterocycles. The number of carbonyl (C=O) groups is 3. The molecule has 1 fully saturated rings. The summed E-state index contributed by atoms with van der Waals surface area (Å²) in [6.45, 7) is 1.46. The number of nitrogens with zero attached hydrogens (tertiary/aromatic N) is 2. The summed E-state index contributed by atoms with van der Waals surface area (Å²) in [7, 11) is 0. The molecule has 0 aliphatic carbocycles. The molecule has 2 heterocycles. The lowest BCUT2D eigenvalue weighted by molar-refractivity contribution is -0.384. The van der Waals surface area contributed by atoms with Gasteiger partial charge in [0.05, 0.1) is 11.2 Å². The van der Waals surface area contributed by atoms with Gasteiger partial charge in [-0.15, -0.1) is 0 Å². The predicted octanol–water partition coefficient (Wildman–Crippen LogP) is 1.70. The van der Waals surface area contributed by atoms with Crippen LogP contribution in [0.3, 0.4) is 0 Å². The molecule has 10 heteroatoms. The number of nitrogens with one attached hydrogen (secondary N) is 2. The zero-order chi connectivity index (χ0) is 19.6. The minimum atomic E-state index is -1.43. The molecule has 1 aliphatic rings. The summed E-state index contributed by atoms with van der Waals surface area (Å²) in [5, 5.41) is 13.8. The third-order valence-corrected chi connectivity index (χ3v) is 3.94. The highest BCUT2D eigenvalue weighted by Crippen LogP contribution is 2.28. The molecule has 2 N–H and O–H groups in total. The van der Waals surface area contributed by atoms with E-state index in [-0.39, 0.29) is 11.4 Å². The molecule has 0 radical (unpaired) electrons. The number of carbonyl (C=O) groups excluding carboxylic acids is 3. The zero-order valence-corrected chi connectivity index (χ0v) is 14.0. The second-order valence-corrected chi connectivity index (χ2v) is 5.83. The lowest BCUT2D eigenvalue weighted by Gasteiger charge is -2.18. The molecule has 3 rings (SSSR count).